The van der Waals surface area contributed by atoms with Gasteiger partial charge in [-0.3, -0.25) is 0 Å². The first-order valence-corrected chi connectivity index (χ1v) is 11.2. The lowest BCUT2D eigenvalue weighted by Gasteiger charge is -2.36. The highest BCUT2D eigenvalue weighted by molar-refractivity contribution is 5.83. The Balaban J connectivity index is 2.05. The SMILES string of the molecule is CCC(CC)N(c1nc(C#CC2(O)CCCC(C)C2)nc2nc[nH]c12)[C@@H](C)CC. The summed E-state index contributed by atoms with van der Waals surface area (Å²) < 4.78 is 0. The normalized spacial score (nSPS) is 23.1. The van der Waals surface area contributed by atoms with Crippen LogP contribution in [-0.2, 0) is 0 Å². The van der Waals surface area contributed by atoms with E-state index in [0.717, 1.165) is 43.4 Å². The topological polar surface area (TPSA) is 77.9 Å². The summed E-state index contributed by atoms with van der Waals surface area (Å²) in [5, 5.41) is 10.9. The van der Waals surface area contributed by atoms with E-state index in [4.69, 9.17) is 4.98 Å². The van der Waals surface area contributed by atoms with Crippen molar-refractivity contribution in [2.24, 2.45) is 5.92 Å². The summed E-state index contributed by atoms with van der Waals surface area (Å²) in [5.41, 5.74) is 0.545. The van der Waals surface area contributed by atoms with E-state index < -0.39 is 5.60 Å². The molecule has 0 radical (unpaired) electrons. The number of aromatic amines is 1. The second-order valence-corrected chi connectivity index (χ2v) is 8.59. The molecule has 29 heavy (non-hydrogen) atoms. The molecule has 0 saturated heterocycles. The molecular weight excluding hydrogens is 362 g/mol. The molecule has 2 unspecified atom stereocenters. The number of imidazole rings is 1. The molecule has 1 aliphatic rings. The Morgan fingerprint density at radius 1 is 1.28 bits per heavy atom. The van der Waals surface area contributed by atoms with Gasteiger partial charge < -0.3 is 15.0 Å². The number of aromatic nitrogens is 4. The minimum absolute atomic E-state index is 0.338. The van der Waals surface area contributed by atoms with Gasteiger partial charge >= 0.3 is 0 Å². The molecule has 0 aromatic carbocycles. The van der Waals surface area contributed by atoms with Crippen LogP contribution in [0.25, 0.3) is 11.2 Å². The van der Waals surface area contributed by atoms with Gasteiger partial charge in [-0.25, -0.2) is 9.97 Å². The fourth-order valence-electron chi connectivity index (χ4n) is 4.49. The predicted octanol–water partition coefficient (Wildman–Crippen LogP) is 4.44. The van der Waals surface area contributed by atoms with Gasteiger partial charge in [0, 0.05) is 12.1 Å². The van der Waals surface area contributed by atoms with Gasteiger partial charge in [-0.15, -0.1) is 0 Å². The monoisotopic (exact) mass is 397 g/mol. The molecule has 3 rings (SSSR count). The number of nitrogens with one attached hydrogen (secondary N) is 1. The molecule has 0 amide bonds. The zero-order valence-corrected chi connectivity index (χ0v) is 18.5. The molecule has 2 aromatic heterocycles. The van der Waals surface area contributed by atoms with Crippen LogP contribution in [0.2, 0.25) is 0 Å². The number of hydrogen-bond donors (Lipinski definition) is 2. The first-order chi connectivity index (χ1) is 13.9. The predicted molar refractivity (Wildman–Crippen MR) is 118 cm³/mol. The molecule has 0 aliphatic heterocycles. The molecule has 3 atom stereocenters. The average Bonchev–Trinajstić information content (AvgIpc) is 3.18. The largest absolute Gasteiger partial charge is 0.378 e. The highest BCUT2D eigenvalue weighted by Gasteiger charge is 2.31. The van der Waals surface area contributed by atoms with Crippen LogP contribution in [0, 0.1) is 17.8 Å². The van der Waals surface area contributed by atoms with Gasteiger partial charge in [-0.2, -0.15) is 4.98 Å². The Bertz CT molecular complexity index is 878. The van der Waals surface area contributed by atoms with Gasteiger partial charge in [-0.1, -0.05) is 40.0 Å². The molecule has 2 aromatic rings. The fourth-order valence-corrected chi connectivity index (χ4v) is 4.49. The van der Waals surface area contributed by atoms with Crippen molar-refractivity contribution in [1.29, 1.82) is 0 Å². The summed E-state index contributed by atoms with van der Waals surface area (Å²) in [6.07, 6.45) is 8.36. The fraction of sp³-hybridized carbons (Fsp3) is 0.696. The summed E-state index contributed by atoms with van der Waals surface area (Å²) in [6, 6.07) is 0.723. The zero-order valence-electron chi connectivity index (χ0n) is 18.5. The molecule has 6 nitrogen and oxygen atoms in total. The lowest BCUT2D eigenvalue weighted by atomic mass is 9.79. The molecule has 1 aliphatic carbocycles. The summed E-state index contributed by atoms with van der Waals surface area (Å²) in [7, 11) is 0. The van der Waals surface area contributed by atoms with Gasteiger partial charge in [0.1, 0.15) is 11.1 Å². The molecule has 0 spiro atoms. The Morgan fingerprint density at radius 3 is 2.69 bits per heavy atom. The van der Waals surface area contributed by atoms with Crippen molar-refractivity contribution < 1.29 is 5.11 Å². The number of anilines is 1. The molecule has 0 bridgehead atoms. The molecule has 2 heterocycles. The first kappa shape index (κ1) is 21.6. The van der Waals surface area contributed by atoms with E-state index in [1.807, 2.05) is 0 Å². The third-order valence-electron chi connectivity index (χ3n) is 6.29. The Morgan fingerprint density at radius 2 is 2.03 bits per heavy atom. The van der Waals surface area contributed by atoms with Gasteiger partial charge in [0.2, 0.25) is 5.82 Å². The third-order valence-corrected chi connectivity index (χ3v) is 6.29. The summed E-state index contributed by atoms with van der Waals surface area (Å²) >= 11 is 0. The van der Waals surface area contributed by atoms with E-state index >= 15 is 0 Å². The highest BCUT2D eigenvalue weighted by atomic mass is 16.3. The number of aliphatic hydroxyl groups is 1. The van der Waals surface area contributed by atoms with E-state index in [0.29, 0.717) is 42.3 Å². The van der Waals surface area contributed by atoms with E-state index in [1.54, 1.807) is 6.33 Å². The van der Waals surface area contributed by atoms with Crippen molar-refractivity contribution in [3.63, 3.8) is 0 Å². The maximum absolute atomic E-state index is 10.9. The molecule has 1 fully saturated rings. The van der Waals surface area contributed by atoms with Crippen molar-refractivity contribution in [2.45, 2.75) is 97.2 Å². The molecule has 6 heteroatoms. The number of hydrogen-bond acceptors (Lipinski definition) is 5. The number of rotatable bonds is 6. The number of nitrogens with zero attached hydrogens (tertiary/aromatic N) is 4. The van der Waals surface area contributed by atoms with Crippen LogP contribution in [0.3, 0.4) is 0 Å². The molecular formula is C23H35N5O. The summed E-state index contributed by atoms with van der Waals surface area (Å²) in [4.78, 5) is 19.4. The summed E-state index contributed by atoms with van der Waals surface area (Å²) in [5.74, 6) is 7.96. The van der Waals surface area contributed by atoms with Crippen molar-refractivity contribution in [3.05, 3.63) is 12.2 Å². The minimum Gasteiger partial charge on any atom is -0.378 e. The van der Waals surface area contributed by atoms with E-state index in [2.05, 4.69) is 66.3 Å². The molecule has 2 N–H and O–H groups in total. The van der Waals surface area contributed by atoms with Gasteiger partial charge in [-0.05, 0) is 57.3 Å². The van der Waals surface area contributed by atoms with E-state index in [9.17, 15) is 5.11 Å². The Hall–Kier alpha value is -2.13. The quantitative estimate of drug-likeness (QED) is 0.705. The highest BCUT2D eigenvalue weighted by Crippen LogP contribution is 2.32. The maximum atomic E-state index is 10.9. The Labute approximate surface area is 174 Å². The zero-order chi connectivity index (χ0) is 21.0. The smallest absolute Gasteiger partial charge is 0.209 e. The van der Waals surface area contributed by atoms with Crippen LogP contribution in [0.5, 0.6) is 0 Å². The third kappa shape index (κ3) is 4.72. The second-order valence-electron chi connectivity index (χ2n) is 8.59. The van der Waals surface area contributed by atoms with Gasteiger partial charge in [0.25, 0.3) is 0 Å². The van der Waals surface area contributed by atoms with Crippen LogP contribution in [0.15, 0.2) is 6.33 Å². The average molecular weight is 398 g/mol. The van der Waals surface area contributed by atoms with Crippen LogP contribution in [-0.4, -0.2) is 42.7 Å². The second kappa shape index (κ2) is 9.13. The van der Waals surface area contributed by atoms with Crippen LogP contribution in [0.4, 0.5) is 5.82 Å². The summed E-state index contributed by atoms with van der Waals surface area (Å²) in [6.45, 7) is 11.0. The van der Waals surface area contributed by atoms with Crippen LogP contribution >= 0.6 is 0 Å². The number of fused-ring (bicyclic) bond motifs is 1. The lowest BCUT2D eigenvalue weighted by molar-refractivity contribution is 0.0410. The van der Waals surface area contributed by atoms with Gasteiger partial charge in [0.05, 0.1) is 6.33 Å². The standard InChI is InChI=1S/C23H35N5O/c1-6-17(5)28(18(7-2)8-3)22-20-21(25-15-24-20)26-19(27-22)11-13-23(29)12-9-10-16(4)14-23/h15-18,29H,6-10,12,14H2,1-5H3,(H,24,25,26,27)/t16?,17-,23?/m0/s1. The van der Waals surface area contributed by atoms with Crippen LogP contribution < -0.4 is 4.90 Å². The van der Waals surface area contributed by atoms with E-state index in [1.165, 1.54) is 0 Å². The Kier molecular flexibility index (Phi) is 6.79. The maximum Gasteiger partial charge on any atom is 0.209 e. The number of H-pyrrole nitrogens is 1. The first-order valence-electron chi connectivity index (χ1n) is 11.2. The minimum atomic E-state index is -0.937. The van der Waals surface area contributed by atoms with Crippen molar-refractivity contribution in [3.8, 4) is 11.8 Å². The lowest BCUT2D eigenvalue weighted by Crippen LogP contribution is -2.42. The van der Waals surface area contributed by atoms with Crippen molar-refractivity contribution in [2.75, 3.05) is 4.90 Å². The molecule has 1 saturated carbocycles. The van der Waals surface area contributed by atoms with Crippen molar-refractivity contribution >= 4 is 17.0 Å². The molecule has 158 valence electrons. The van der Waals surface area contributed by atoms with Crippen molar-refractivity contribution in [1.82, 2.24) is 19.9 Å². The van der Waals surface area contributed by atoms with Crippen LogP contribution in [0.1, 0.15) is 85.4 Å². The van der Waals surface area contributed by atoms with Gasteiger partial charge in [0.15, 0.2) is 11.5 Å². The van der Waals surface area contributed by atoms with E-state index in [-0.39, 0.29) is 0 Å².